The molecule has 0 amide bonds. The monoisotopic (exact) mass is 255 g/mol. The van der Waals surface area contributed by atoms with Crippen LogP contribution in [0.5, 0.6) is 0 Å². The van der Waals surface area contributed by atoms with Crippen molar-refractivity contribution < 1.29 is 0 Å². The van der Waals surface area contributed by atoms with Gasteiger partial charge in [0.05, 0.1) is 16.4 Å². The van der Waals surface area contributed by atoms with Gasteiger partial charge < -0.3 is 10.3 Å². The molecular weight excluding hydrogens is 245 g/mol. The van der Waals surface area contributed by atoms with E-state index in [1.54, 1.807) is 12.1 Å². The van der Waals surface area contributed by atoms with Crippen LogP contribution in [-0.2, 0) is 6.54 Å². The van der Waals surface area contributed by atoms with Crippen LogP contribution in [0.15, 0.2) is 24.4 Å². The molecule has 0 unspecified atom stereocenters. The molecule has 2 N–H and O–H groups in total. The zero-order chi connectivity index (χ0) is 11.7. The largest absolute Gasteiger partial charge is 0.325 e. The summed E-state index contributed by atoms with van der Waals surface area (Å²) in [5, 5.41) is 1.21. The summed E-state index contributed by atoms with van der Waals surface area (Å²) in [4.78, 5) is 4.32. The molecule has 0 aliphatic carbocycles. The number of halogens is 2. The molecule has 16 heavy (non-hydrogen) atoms. The van der Waals surface area contributed by atoms with Crippen molar-refractivity contribution in [3.05, 3.63) is 46.0 Å². The summed E-state index contributed by atoms with van der Waals surface area (Å²) in [6.45, 7) is 2.32. The highest BCUT2D eigenvalue weighted by molar-refractivity contribution is 6.35. The third-order valence-corrected chi connectivity index (χ3v) is 2.85. The van der Waals surface area contributed by atoms with Crippen LogP contribution in [-0.4, -0.2) is 9.55 Å². The van der Waals surface area contributed by atoms with Gasteiger partial charge in [-0.15, -0.1) is 0 Å². The van der Waals surface area contributed by atoms with E-state index >= 15 is 0 Å². The molecule has 84 valence electrons. The van der Waals surface area contributed by atoms with Crippen LogP contribution in [0.3, 0.4) is 0 Å². The van der Waals surface area contributed by atoms with Gasteiger partial charge in [0.2, 0.25) is 0 Å². The fraction of sp³-hybridized carbons (Fsp3) is 0.182. The van der Waals surface area contributed by atoms with Crippen molar-refractivity contribution in [1.82, 2.24) is 9.55 Å². The minimum absolute atomic E-state index is 0.416. The SMILES string of the molecule is Cc1nc(CN)cn1-c1ccc(Cl)cc1Cl. The van der Waals surface area contributed by atoms with Crippen molar-refractivity contribution in [2.45, 2.75) is 13.5 Å². The maximum atomic E-state index is 6.12. The normalized spacial score (nSPS) is 10.8. The predicted octanol–water partition coefficient (Wildman–Crippen LogP) is 2.95. The molecular formula is C11H11Cl2N3. The second kappa shape index (κ2) is 4.45. The van der Waals surface area contributed by atoms with E-state index in [-0.39, 0.29) is 0 Å². The van der Waals surface area contributed by atoms with Crippen molar-refractivity contribution in [3.8, 4) is 5.69 Å². The van der Waals surface area contributed by atoms with Gasteiger partial charge in [-0.2, -0.15) is 0 Å². The highest BCUT2D eigenvalue weighted by atomic mass is 35.5. The van der Waals surface area contributed by atoms with Gasteiger partial charge in [-0.1, -0.05) is 23.2 Å². The number of hydrogen-bond donors (Lipinski definition) is 1. The van der Waals surface area contributed by atoms with E-state index in [2.05, 4.69) is 4.98 Å². The second-order valence-corrected chi connectivity index (χ2v) is 4.29. The number of imidazole rings is 1. The minimum Gasteiger partial charge on any atom is -0.325 e. The topological polar surface area (TPSA) is 43.8 Å². The molecule has 1 aromatic heterocycles. The lowest BCUT2D eigenvalue weighted by Crippen LogP contribution is -1.96. The van der Waals surface area contributed by atoms with Gasteiger partial charge in [0, 0.05) is 17.8 Å². The summed E-state index contributed by atoms with van der Waals surface area (Å²) in [7, 11) is 0. The molecule has 0 aliphatic rings. The Morgan fingerprint density at radius 2 is 2.12 bits per heavy atom. The number of aryl methyl sites for hydroxylation is 1. The number of hydrogen-bond acceptors (Lipinski definition) is 2. The van der Waals surface area contributed by atoms with Crippen LogP contribution < -0.4 is 5.73 Å². The fourth-order valence-electron chi connectivity index (χ4n) is 1.55. The standard InChI is InChI=1S/C11H11Cl2N3/c1-7-15-9(5-14)6-16(7)11-3-2-8(12)4-10(11)13/h2-4,6H,5,14H2,1H3. The highest BCUT2D eigenvalue weighted by Gasteiger charge is 2.08. The van der Waals surface area contributed by atoms with Gasteiger partial charge in [-0.3, -0.25) is 0 Å². The van der Waals surface area contributed by atoms with E-state index in [1.165, 1.54) is 0 Å². The molecule has 0 radical (unpaired) electrons. The smallest absolute Gasteiger partial charge is 0.110 e. The third kappa shape index (κ3) is 2.07. The Kier molecular flexibility index (Phi) is 3.19. The first kappa shape index (κ1) is 11.5. The minimum atomic E-state index is 0.416. The predicted molar refractivity (Wildman–Crippen MR) is 66.2 cm³/mol. The van der Waals surface area contributed by atoms with E-state index < -0.39 is 0 Å². The van der Waals surface area contributed by atoms with E-state index in [1.807, 2.05) is 23.8 Å². The molecule has 2 rings (SSSR count). The third-order valence-electron chi connectivity index (χ3n) is 2.31. The zero-order valence-corrected chi connectivity index (χ0v) is 10.3. The summed E-state index contributed by atoms with van der Waals surface area (Å²) in [5.74, 6) is 0.852. The van der Waals surface area contributed by atoms with Gasteiger partial charge in [0.1, 0.15) is 5.82 Å². The molecule has 2 aromatic rings. The number of nitrogens with two attached hydrogens (primary N) is 1. The highest BCUT2D eigenvalue weighted by Crippen LogP contribution is 2.25. The molecule has 1 heterocycles. The van der Waals surface area contributed by atoms with Crippen LogP contribution in [0.2, 0.25) is 10.0 Å². The Hall–Kier alpha value is -1.03. The molecule has 3 nitrogen and oxygen atoms in total. The van der Waals surface area contributed by atoms with Gasteiger partial charge in [0.15, 0.2) is 0 Å². The molecule has 0 bridgehead atoms. The number of benzene rings is 1. The number of rotatable bonds is 2. The summed E-state index contributed by atoms with van der Waals surface area (Å²) in [6.07, 6.45) is 1.88. The van der Waals surface area contributed by atoms with Crippen LogP contribution in [0, 0.1) is 6.92 Å². The maximum Gasteiger partial charge on any atom is 0.110 e. The lowest BCUT2D eigenvalue weighted by Gasteiger charge is -2.07. The molecule has 0 fully saturated rings. The number of aromatic nitrogens is 2. The van der Waals surface area contributed by atoms with Crippen LogP contribution in [0.1, 0.15) is 11.5 Å². The fourth-order valence-corrected chi connectivity index (χ4v) is 2.05. The lowest BCUT2D eigenvalue weighted by molar-refractivity contribution is 0.969. The van der Waals surface area contributed by atoms with Crippen molar-refractivity contribution in [1.29, 1.82) is 0 Å². The zero-order valence-electron chi connectivity index (χ0n) is 8.74. The Morgan fingerprint density at radius 1 is 1.38 bits per heavy atom. The molecule has 1 aromatic carbocycles. The van der Waals surface area contributed by atoms with Gasteiger partial charge >= 0.3 is 0 Å². The van der Waals surface area contributed by atoms with Crippen molar-refractivity contribution >= 4 is 23.2 Å². The van der Waals surface area contributed by atoms with Crippen LogP contribution in [0.25, 0.3) is 5.69 Å². The van der Waals surface area contributed by atoms with Crippen molar-refractivity contribution in [2.24, 2.45) is 5.73 Å². The first-order valence-corrected chi connectivity index (χ1v) is 5.58. The van der Waals surface area contributed by atoms with Crippen molar-refractivity contribution in [3.63, 3.8) is 0 Å². The molecule has 0 aliphatic heterocycles. The summed E-state index contributed by atoms with van der Waals surface area (Å²) >= 11 is 12.0. The Morgan fingerprint density at radius 3 is 2.69 bits per heavy atom. The quantitative estimate of drug-likeness (QED) is 0.897. The average molecular weight is 256 g/mol. The van der Waals surface area contributed by atoms with Crippen LogP contribution in [0.4, 0.5) is 0 Å². The van der Waals surface area contributed by atoms with E-state index in [9.17, 15) is 0 Å². The second-order valence-electron chi connectivity index (χ2n) is 3.45. The Bertz CT molecular complexity index is 520. The molecule has 0 atom stereocenters. The molecule has 5 heteroatoms. The first-order valence-electron chi connectivity index (χ1n) is 4.82. The summed E-state index contributed by atoms with van der Waals surface area (Å²) in [5.41, 5.74) is 7.24. The van der Waals surface area contributed by atoms with Crippen LogP contribution >= 0.6 is 23.2 Å². The molecule has 0 spiro atoms. The molecule has 0 saturated carbocycles. The summed E-state index contributed by atoms with van der Waals surface area (Å²) < 4.78 is 1.90. The Labute approximate surface area is 104 Å². The van der Waals surface area contributed by atoms with Gasteiger partial charge in [-0.05, 0) is 25.1 Å². The van der Waals surface area contributed by atoms with Gasteiger partial charge in [-0.25, -0.2) is 4.98 Å². The van der Waals surface area contributed by atoms with E-state index in [4.69, 9.17) is 28.9 Å². The van der Waals surface area contributed by atoms with Crippen molar-refractivity contribution in [2.75, 3.05) is 0 Å². The number of nitrogens with zero attached hydrogens (tertiary/aromatic N) is 2. The average Bonchev–Trinajstić information content (AvgIpc) is 2.60. The van der Waals surface area contributed by atoms with Gasteiger partial charge in [0.25, 0.3) is 0 Å². The maximum absolute atomic E-state index is 6.12. The Balaban J connectivity index is 2.53. The first-order chi connectivity index (χ1) is 7.61. The van der Waals surface area contributed by atoms with E-state index in [0.717, 1.165) is 17.2 Å². The lowest BCUT2D eigenvalue weighted by atomic mass is 10.3. The van der Waals surface area contributed by atoms with E-state index in [0.29, 0.717) is 16.6 Å². The summed E-state index contributed by atoms with van der Waals surface area (Å²) in [6, 6.07) is 5.37. The molecule has 0 saturated heterocycles.